The molecule has 9 nitrogen and oxygen atoms in total. The maximum absolute atomic E-state index is 14.8. The van der Waals surface area contributed by atoms with E-state index in [4.69, 9.17) is 5.26 Å². The van der Waals surface area contributed by atoms with Crippen LogP contribution < -0.4 is 15.7 Å². The van der Waals surface area contributed by atoms with Crippen LogP contribution in [0.15, 0.2) is 71.5 Å². The predicted molar refractivity (Wildman–Crippen MR) is 151 cm³/mol. The number of halogens is 4. The number of carbonyl (C=O) groups is 1. The molecule has 5 rings (SSSR count). The fourth-order valence-corrected chi connectivity index (χ4v) is 5.43. The van der Waals surface area contributed by atoms with Crippen molar-refractivity contribution in [1.29, 1.82) is 5.26 Å². The van der Waals surface area contributed by atoms with Gasteiger partial charge in [-0.25, -0.2) is 9.18 Å². The summed E-state index contributed by atoms with van der Waals surface area (Å²) in [7, 11) is 0. The number of aromatic nitrogens is 2. The summed E-state index contributed by atoms with van der Waals surface area (Å²) in [5.41, 5.74) is 1.03. The monoisotopic (exact) mass is 609 g/mol. The molecule has 1 fully saturated rings. The number of nitrogens with one attached hydrogen (secondary N) is 3. The zero-order valence-electron chi connectivity index (χ0n) is 23.1. The molecule has 0 spiro atoms. The molecule has 0 aliphatic carbocycles. The van der Waals surface area contributed by atoms with E-state index in [1.54, 1.807) is 4.90 Å². The first kappa shape index (κ1) is 30.4. The van der Waals surface area contributed by atoms with Gasteiger partial charge in [0.05, 0.1) is 23.7 Å². The Balaban J connectivity index is 1.39. The highest BCUT2D eigenvalue weighted by atomic mass is 19.4. The minimum absolute atomic E-state index is 0.0580. The number of aromatic amines is 2. The molecule has 1 aliphatic heterocycles. The molecule has 0 unspecified atom stereocenters. The second-order valence-corrected chi connectivity index (χ2v) is 10.4. The van der Waals surface area contributed by atoms with Gasteiger partial charge in [0.15, 0.2) is 0 Å². The zero-order chi connectivity index (χ0) is 31.4. The third-order valence-electron chi connectivity index (χ3n) is 7.55. The molecule has 1 saturated heterocycles. The summed E-state index contributed by atoms with van der Waals surface area (Å²) < 4.78 is 58.8. The van der Waals surface area contributed by atoms with Crippen LogP contribution in [0.3, 0.4) is 0 Å². The van der Waals surface area contributed by atoms with Crippen molar-refractivity contribution in [3.8, 4) is 28.8 Å². The maximum atomic E-state index is 14.8. The molecule has 1 aromatic heterocycles. The topological polar surface area (TPSA) is 134 Å². The molecule has 13 heteroatoms. The molecule has 0 saturated carbocycles. The molecule has 3 aromatic carbocycles. The molecule has 2 heterocycles. The van der Waals surface area contributed by atoms with Gasteiger partial charge in [0.2, 0.25) is 11.8 Å². The molecular formula is C31H27F4N5O4. The number of benzene rings is 3. The average molecular weight is 610 g/mol. The Hall–Kier alpha value is -5.09. The first-order valence-electron chi connectivity index (χ1n) is 13.7. The number of H-pyrrole nitrogens is 2. The Morgan fingerprint density at radius 2 is 1.89 bits per heavy atom. The highest BCUT2D eigenvalue weighted by molar-refractivity contribution is 5.79. The van der Waals surface area contributed by atoms with Crippen LogP contribution >= 0.6 is 0 Å². The van der Waals surface area contributed by atoms with Crippen LogP contribution in [-0.2, 0) is 17.8 Å². The summed E-state index contributed by atoms with van der Waals surface area (Å²) in [5, 5.41) is 22.2. The lowest BCUT2D eigenvalue weighted by Gasteiger charge is -2.39. The number of piperidine rings is 1. The largest absolute Gasteiger partial charge is 0.573 e. The summed E-state index contributed by atoms with van der Waals surface area (Å²) in [4.78, 5) is 30.8. The highest BCUT2D eigenvalue weighted by Crippen LogP contribution is 2.34. The van der Waals surface area contributed by atoms with E-state index < -0.39 is 29.5 Å². The number of likely N-dealkylation sites (tertiary alicyclic amines) is 1. The van der Waals surface area contributed by atoms with Crippen LogP contribution in [0.25, 0.3) is 11.1 Å². The number of alkyl halides is 3. The minimum atomic E-state index is -4.95. The molecule has 1 aliphatic rings. The predicted octanol–water partition coefficient (Wildman–Crippen LogP) is 4.70. The lowest BCUT2D eigenvalue weighted by atomic mass is 9.85. The molecule has 2 atom stereocenters. The van der Waals surface area contributed by atoms with Crippen molar-refractivity contribution in [2.45, 2.75) is 37.7 Å². The van der Waals surface area contributed by atoms with E-state index in [0.717, 1.165) is 17.7 Å². The van der Waals surface area contributed by atoms with Crippen LogP contribution in [0.1, 0.15) is 34.7 Å². The average Bonchev–Trinajstić information content (AvgIpc) is 3.31. The summed E-state index contributed by atoms with van der Waals surface area (Å²) in [6.07, 6.45) is -4.73. The molecule has 4 N–H and O–H groups in total. The van der Waals surface area contributed by atoms with E-state index in [1.807, 2.05) is 36.4 Å². The number of nitriles is 1. The number of rotatable bonds is 8. The van der Waals surface area contributed by atoms with Gasteiger partial charge < -0.3 is 25.0 Å². The maximum Gasteiger partial charge on any atom is 0.573 e. The quantitative estimate of drug-likeness (QED) is 0.214. The Morgan fingerprint density at radius 3 is 2.55 bits per heavy atom. The van der Waals surface area contributed by atoms with Gasteiger partial charge >= 0.3 is 12.1 Å². The van der Waals surface area contributed by atoms with Crippen molar-refractivity contribution < 1.29 is 32.2 Å². The standard InChI is InChI=1S/C31H27F4N5O4/c32-24-12-18(15-36)6-8-22(24)20-7-9-27(44-31(33,34)35)21(13-20)16-37-25-10-11-40(17-23(25)19-4-2-1-3-5-19)28(41)14-26-29(42)39-30(43)38-26/h1-9,12-13,23,25,37,42H,10-11,14,16-17H2,(H2,38,39,43)/t23-,25-/m0/s1. The van der Waals surface area contributed by atoms with Gasteiger partial charge in [-0.3, -0.25) is 9.78 Å². The summed E-state index contributed by atoms with van der Waals surface area (Å²) in [6, 6.07) is 18.7. The van der Waals surface area contributed by atoms with Gasteiger partial charge in [0.1, 0.15) is 11.6 Å². The van der Waals surface area contributed by atoms with Gasteiger partial charge in [-0.05, 0) is 41.8 Å². The Labute approximate surface area is 248 Å². The van der Waals surface area contributed by atoms with E-state index in [2.05, 4.69) is 20.0 Å². The van der Waals surface area contributed by atoms with Gasteiger partial charge in [-0.2, -0.15) is 5.26 Å². The smallest absolute Gasteiger partial charge is 0.493 e. The van der Waals surface area contributed by atoms with E-state index in [9.17, 15) is 32.3 Å². The Morgan fingerprint density at radius 1 is 1.11 bits per heavy atom. The van der Waals surface area contributed by atoms with Crippen LogP contribution in [0.2, 0.25) is 0 Å². The number of imidazole rings is 1. The van der Waals surface area contributed by atoms with Crippen LogP contribution in [0.4, 0.5) is 17.6 Å². The molecule has 0 bridgehead atoms. The van der Waals surface area contributed by atoms with Crippen LogP contribution in [0.5, 0.6) is 11.6 Å². The Bertz CT molecular complexity index is 1750. The van der Waals surface area contributed by atoms with Crippen molar-refractivity contribution in [3.63, 3.8) is 0 Å². The minimum Gasteiger partial charge on any atom is -0.493 e. The van der Waals surface area contributed by atoms with Gasteiger partial charge in [0, 0.05) is 42.7 Å². The first-order valence-corrected chi connectivity index (χ1v) is 13.7. The van der Waals surface area contributed by atoms with Gasteiger partial charge in [-0.15, -0.1) is 13.2 Å². The van der Waals surface area contributed by atoms with Gasteiger partial charge in [-0.1, -0.05) is 42.5 Å². The van der Waals surface area contributed by atoms with Crippen LogP contribution in [-0.4, -0.2) is 51.4 Å². The Kier molecular flexibility index (Phi) is 8.73. The molecule has 4 aromatic rings. The van der Waals surface area contributed by atoms with E-state index in [-0.39, 0.29) is 59.8 Å². The fraction of sp³-hybridized carbons (Fsp3) is 0.258. The molecular weight excluding hydrogens is 582 g/mol. The molecule has 44 heavy (non-hydrogen) atoms. The summed E-state index contributed by atoms with van der Waals surface area (Å²) in [5.74, 6) is -2.09. The first-order chi connectivity index (χ1) is 21.0. The lowest BCUT2D eigenvalue weighted by Crippen LogP contribution is -2.50. The zero-order valence-corrected chi connectivity index (χ0v) is 23.1. The number of hydrogen-bond donors (Lipinski definition) is 4. The third-order valence-corrected chi connectivity index (χ3v) is 7.55. The van der Waals surface area contributed by atoms with Crippen molar-refractivity contribution in [1.82, 2.24) is 20.2 Å². The van der Waals surface area contributed by atoms with Crippen molar-refractivity contribution in [2.75, 3.05) is 13.1 Å². The van der Waals surface area contributed by atoms with Crippen molar-refractivity contribution >= 4 is 5.91 Å². The number of aromatic hydroxyl groups is 1. The second-order valence-electron chi connectivity index (χ2n) is 10.4. The second kappa shape index (κ2) is 12.6. The lowest BCUT2D eigenvalue weighted by molar-refractivity contribution is -0.274. The summed E-state index contributed by atoms with van der Waals surface area (Å²) >= 11 is 0. The number of ether oxygens (including phenoxy) is 1. The summed E-state index contributed by atoms with van der Waals surface area (Å²) in [6.45, 7) is 0.535. The van der Waals surface area contributed by atoms with Gasteiger partial charge in [0.25, 0.3) is 0 Å². The van der Waals surface area contributed by atoms with Crippen molar-refractivity contribution in [3.05, 3.63) is 105 Å². The fourth-order valence-electron chi connectivity index (χ4n) is 5.43. The molecule has 1 amide bonds. The number of amides is 1. The molecule has 228 valence electrons. The SMILES string of the molecule is N#Cc1ccc(-c2ccc(OC(F)(F)F)c(CN[C@H]3CCN(C(=O)Cc4[nH]c(=O)[nH]c4O)C[C@H]3c3ccccc3)c2)c(F)c1. The van der Waals surface area contributed by atoms with E-state index in [1.165, 1.54) is 24.3 Å². The van der Waals surface area contributed by atoms with E-state index >= 15 is 0 Å². The van der Waals surface area contributed by atoms with Crippen molar-refractivity contribution in [2.24, 2.45) is 0 Å². The number of carbonyl (C=O) groups excluding carboxylic acids is 1. The third kappa shape index (κ3) is 7.09. The number of hydrogen-bond acceptors (Lipinski definition) is 6. The normalized spacial score (nSPS) is 16.8. The van der Waals surface area contributed by atoms with E-state index in [0.29, 0.717) is 18.5 Å². The van der Waals surface area contributed by atoms with Crippen LogP contribution in [0, 0.1) is 17.1 Å². The number of nitrogens with zero attached hydrogens (tertiary/aromatic N) is 2. The molecule has 0 radical (unpaired) electrons. The highest BCUT2D eigenvalue weighted by Gasteiger charge is 2.34.